The van der Waals surface area contributed by atoms with Gasteiger partial charge in [-0.2, -0.15) is 0 Å². The smallest absolute Gasteiger partial charge is 0.254 e. The van der Waals surface area contributed by atoms with Gasteiger partial charge >= 0.3 is 0 Å². The van der Waals surface area contributed by atoms with Gasteiger partial charge in [0.05, 0.1) is 18.0 Å². The molecule has 2 amide bonds. The number of aliphatic hydroxyl groups excluding tert-OH is 1. The standard InChI is InChI=1S/C25H23N3O4/c29-15-18-20-14-27-19(12-7-13-21(27)30)23(28(20)25(32)16-8-3-1-4-9-16)22(18)24(31)26-17-10-5-2-6-11-17/h1-13,18,20,22-23,29H,14-15H2,(H,26,31)/t18-,20-,22+,23+/m0/s1. The Labute approximate surface area is 184 Å². The molecule has 0 aliphatic carbocycles. The number of nitrogens with one attached hydrogen (secondary N) is 1. The van der Waals surface area contributed by atoms with Crippen LogP contribution in [0.2, 0.25) is 0 Å². The van der Waals surface area contributed by atoms with Gasteiger partial charge in [-0.15, -0.1) is 0 Å². The monoisotopic (exact) mass is 429 g/mol. The number of amides is 2. The van der Waals surface area contributed by atoms with Gasteiger partial charge in [0, 0.05) is 42.1 Å². The number of rotatable bonds is 4. The Hall–Kier alpha value is -3.71. The van der Waals surface area contributed by atoms with Crippen molar-refractivity contribution in [2.24, 2.45) is 11.8 Å². The van der Waals surface area contributed by atoms with Crippen LogP contribution in [0.3, 0.4) is 0 Å². The van der Waals surface area contributed by atoms with E-state index >= 15 is 0 Å². The van der Waals surface area contributed by atoms with Gasteiger partial charge in [-0.1, -0.05) is 42.5 Å². The number of carbonyl (C=O) groups excluding carboxylic acids is 2. The topological polar surface area (TPSA) is 91.6 Å². The second-order valence-corrected chi connectivity index (χ2v) is 8.22. The number of anilines is 1. The first-order chi connectivity index (χ1) is 15.6. The highest BCUT2D eigenvalue weighted by Crippen LogP contribution is 2.49. The predicted molar refractivity (Wildman–Crippen MR) is 119 cm³/mol. The number of fused-ring (bicyclic) bond motifs is 4. The lowest BCUT2D eigenvalue weighted by Crippen LogP contribution is -2.49. The fourth-order valence-electron chi connectivity index (χ4n) is 5.11. The minimum Gasteiger partial charge on any atom is -0.396 e. The molecule has 0 radical (unpaired) electrons. The maximum Gasteiger partial charge on any atom is 0.254 e. The SMILES string of the molecule is O=C(Nc1ccccc1)[C@@H]1[C@@H](CO)[C@@H]2Cn3c(cccc3=O)[C@H]1N2C(=O)c1ccccc1. The number of benzene rings is 2. The maximum atomic E-state index is 13.6. The highest BCUT2D eigenvalue weighted by Gasteiger charge is 2.57. The van der Waals surface area contributed by atoms with Crippen molar-refractivity contribution >= 4 is 17.5 Å². The van der Waals surface area contributed by atoms with Crippen LogP contribution in [0.25, 0.3) is 0 Å². The van der Waals surface area contributed by atoms with Crippen molar-refractivity contribution < 1.29 is 14.7 Å². The second kappa shape index (κ2) is 8.09. The van der Waals surface area contributed by atoms with Crippen LogP contribution in [0, 0.1) is 11.8 Å². The van der Waals surface area contributed by atoms with E-state index in [-0.39, 0.29) is 30.5 Å². The van der Waals surface area contributed by atoms with Crippen molar-refractivity contribution in [1.82, 2.24) is 9.47 Å². The molecule has 2 N–H and O–H groups in total. The molecule has 0 spiro atoms. The molecule has 2 aliphatic rings. The molecule has 1 aromatic heterocycles. The first-order valence-electron chi connectivity index (χ1n) is 10.6. The Balaban J connectivity index is 1.61. The number of aromatic nitrogens is 1. The van der Waals surface area contributed by atoms with Crippen LogP contribution in [-0.4, -0.2) is 39.0 Å². The molecule has 1 fully saturated rings. The van der Waals surface area contributed by atoms with E-state index in [9.17, 15) is 19.5 Å². The molecule has 5 rings (SSSR count). The molecule has 0 unspecified atom stereocenters. The number of nitrogens with zero attached hydrogens (tertiary/aromatic N) is 2. The average molecular weight is 429 g/mol. The second-order valence-electron chi connectivity index (χ2n) is 8.22. The van der Waals surface area contributed by atoms with Crippen LogP contribution >= 0.6 is 0 Å². The van der Waals surface area contributed by atoms with Crippen molar-refractivity contribution in [3.8, 4) is 0 Å². The van der Waals surface area contributed by atoms with Gasteiger partial charge in [0.25, 0.3) is 11.5 Å². The highest BCUT2D eigenvalue weighted by molar-refractivity contribution is 5.98. The van der Waals surface area contributed by atoms with E-state index in [1.54, 1.807) is 58.0 Å². The summed E-state index contributed by atoms with van der Waals surface area (Å²) in [6.07, 6.45) is 0. The molecule has 2 bridgehead atoms. The van der Waals surface area contributed by atoms with E-state index in [0.717, 1.165) is 0 Å². The molecule has 7 nitrogen and oxygen atoms in total. The largest absolute Gasteiger partial charge is 0.396 e. The Morgan fingerprint density at radius 3 is 2.31 bits per heavy atom. The first kappa shape index (κ1) is 20.2. The molecule has 4 atom stereocenters. The van der Waals surface area contributed by atoms with Crippen LogP contribution in [0.4, 0.5) is 5.69 Å². The fraction of sp³-hybridized carbons (Fsp3) is 0.240. The Morgan fingerprint density at radius 2 is 1.62 bits per heavy atom. The quantitative estimate of drug-likeness (QED) is 0.666. The average Bonchev–Trinajstić information content (AvgIpc) is 3.07. The summed E-state index contributed by atoms with van der Waals surface area (Å²) in [5, 5.41) is 13.2. The summed E-state index contributed by atoms with van der Waals surface area (Å²) < 4.78 is 1.63. The summed E-state index contributed by atoms with van der Waals surface area (Å²) >= 11 is 0. The number of hydrogen-bond acceptors (Lipinski definition) is 4. The van der Waals surface area contributed by atoms with Crippen molar-refractivity contribution in [2.75, 3.05) is 11.9 Å². The minimum absolute atomic E-state index is 0.176. The molecular weight excluding hydrogens is 406 g/mol. The number of para-hydroxylation sites is 1. The zero-order chi connectivity index (χ0) is 22.2. The van der Waals surface area contributed by atoms with E-state index in [1.165, 1.54) is 6.07 Å². The third-order valence-corrected chi connectivity index (χ3v) is 6.52. The Morgan fingerprint density at radius 1 is 0.938 bits per heavy atom. The number of pyridine rings is 1. The zero-order valence-corrected chi connectivity index (χ0v) is 17.3. The van der Waals surface area contributed by atoms with Crippen LogP contribution in [0.1, 0.15) is 22.1 Å². The van der Waals surface area contributed by atoms with E-state index in [2.05, 4.69) is 5.32 Å². The lowest BCUT2D eigenvalue weighted by molar-refractivity contribution is -0.122. The van der Waals surface area contributed by atoms with Crippen molar-refractivity contribution in [3.63, 3.8) is 0 Å². The molecule has 1 saturated heterocycles. The molecule has 0 saturated carbocycles. The number of aliphatic hydroxyl groups is 1. The van der Waals surface area contributed by atoms with Gasteiger partial charge in [-0.3, -0.25) is 14.4 Å². The maximum absolute atomic E-state index is 13.6. The first-order valence-corrected chi connectivity index (χ1v) is 10.6. The van der Waals surface area contributed by atoms with Gasteiger partial charge < -0.3 is 19.9 Å². The Kier molecular flexibility index (Phi) is 5.11. The van der Waals surface area contributed by atoms with E-state index in [0.29, 0.717) is 16.9 Å². The van der Waals surface area contributed by atoms with Gasteiger partial charge in [-0.25, -0.2) is 0 Å². The van der Waals surface area contributed by atoms with Crippen LogP contribution in [0.15, 0.2) is 83.7 Å². The van der Waals surface area contributed by atoms with Crippen LogP contribution < -0.4 is 10.9 Å². The van der Waals surface area contributed by atoms with Gasteiger partial charge in [0.1, 0.15) is 0 Å². The Bertz CT molecular complexity index is 1210. The molecule has 3 aromatic rings. The zero-order valence-electron chi connectivity index (χ0n) is 17.3. The minimum atomic E-state index is -0.701. The van der Waals surface area contributed by atoms with Crippen molar-refractivity contribution in [3.05, 3.63) is 100 Å². The van der Waals surface area contributed by atoms with E-state index < -0.39 is 23.9 Å². The van der Waals surface area contributed by atoms with E-state index in [4.69, 9.17) is 0 Å². The van der Waals surface area contributed by atoms with Gasteiger partial charge in [0.2, 0.25) is 5.91 Å². The molecule has 3 heterocycles. The summed E-state index contributed by atoms with van der Waals surface area (Å²) in [5.74, 6) is -1.70. The van der Waals surface area contributed by atoms with Crippen LogP contribution in [-0.2, 0) is 11.3 Å². The fourth-order valence-corrected chi connectivity index (χ4v) is 5.11. The molecule has 162 valence electrons. The number of hydrogen-bond donors (Lipinski definition) is 2. The molecular formula is C25H23N3O4. The summed E-state index contributed by atoms with van der Waals surface area (Å²) in [7, 11) is 0. The third kappa shape index (κ3) is 3.22. The highest BCUT2D eigenvalue weighted by atomic mass is 16.3. The van der Waals surface area contributed by atoms with E-state index in [1.807, 2.05) is 24.3 Å². The summed E-state index contributed by atoms with van der Waals surface area (Å²) in [6.45, 7) is -0.0280. The molecule has 7 heteroatoms. The lowest BCUT2D eigenvalue weighted by Gasteiger charge is -2.38. The van der Waals surface area contributed by atoms with Crippen molar-refractivity contribution in [2.45, 2.75) is 18.6 Å². The van der Waals surface area contributed by atoms with Gasteiger partial charge in [0.15, 0.2) is 0 Å². The summed E-state index contributed by atoms with van der Waals surface area (Å²) in [5.41, 5.74) is 1.59. The normalized spacial score (nSPS) is 23.5. The lowest BCUT2D eigenvalue weighted by atomic mass is 9.86. The summed E-state index contributed by atoms with van der Waals surface area (Å²) in [6, 6.07) is 21.8. The molecule has 2 aromatic carbocycles. The predicted octanol–water partition coefficient (Wildman–Crippen LogP) is 2.29. The van der Waals surface area contributed by atoms with Gasteiger partial charge in [-0.05, 0) is 30.3 Å². The molecule has 32 heavy (non-hydrogen) atoms. The summed E-state index contributed by atoms with van der Waals surface area (Å²) in [4.78, 5) is 41.3. The van der Waals surface area contributed by atoms with Crippen LogP contribution in [0.5, 0.6) is 0 Å². The third-order valence-electron chi connectivity index (χ3n) is 6.52. The van der Waals surface area contributed by atoms with Crippen molar-refractivity contribution in [1.29, 1.82) is 0 Å². The number of carbonyl (C=O) groups is 2. The molecule has 2 aliphatic heterocycles.